The van der Waals surface area contributed by atoms with Gasteiger partial charge < -0.3 is 20.3 Å². The smallest absolute Gasteiger partial charge is 0.343 e. The highest BCUT2D eigenvalue weighted by atomic mass is 16.5. The number of nitrogen functional groups attached to an aromatic ring is 1. The summed E-state index contributed by atoms with van der Waals surface area (Å²) in [6.07, 6.45) is 5.68. The van der Waals surface area contributed by atoms with Crippen LogP contribution in [0.25, 0.3) is 10.9 Å². The van der Waals surface area contributed by atoms with E-state index in [4.69, 9.17) is 10.5 Å². The normalized spacial score (nSPS) is 20.6. The van der Waals surface area contributed by atoms with Gasteiger partial charge in [-0.05, 0) is 31.9 Å². The number of fused-ring (bicyclic) bond motifs is 3. The zero-order valence-corrected chi connectivity index (χ0v) is 16.9. The first-order valence-electron chi connectivity index (χ1n) is 10.3. The van der Waals surface area contributed by atoms with E-state index in [9.17, 15) is 4.79 Å². The number of hydrogen-bond donors (Lipinski definition) is 1. The molecule has 30 heavy (non-hydrogen) atoms. The Morgan fingerprint density at radius 2 is 1.93 bits per heavy atom. The lowest BCUT2D eigenvalue weighted by Gasteiger charge is -2.42. The molecule has 0 amide bonds. The summed E-state index contributed by atoms with van der Waals surface area (Å²) in [6, 6.07) is 11.1. The number of benzene rings is 1. The molecule has 1 aromatic carbocycles. The summed E-state index contributed by atoms with van der Waals surface area (Å²) in [4.78, 5) is 30.1. The molecule has 2 aromatic heterocycles. The fourth-order valence-corrected chi connectivity index (χ4v) is 4.59. The Morgan fingerprint density at radius 1 is 1.17 bits per heavy atom. The number of piperazine rings is 1. The standard InChI is InChI=1S/C22H24N6O2/c1-2-30-21(29)18-11-25-22(26-20(18)23)27-12-15-7-8-16(13-27)28(15)17-9-14-5-3-4-6-19(14)24-10-17/h3-6,9-11,15-16H,2,7-8,12-13H2,1H3,(H2,23,25,26). The molecule has 0 spiro atoms. The summed E-state index contributed by atoms with van der Waals surface area (Å²) >= 11 is 0. The van der Waals surface area contributed by atoms with E-state index in [1.54, 1.807) is 6.92 Å². The third kappa shape index (κ3) is 3.18. The van der Waals surface area contributed by atoms with E-state index in [1.165, 1.54) is 11.9 Å². The highest BCUT2D eigenvalue weighted by molar-refractivity contribution is 5.93. The second-order valence-electron chi connectivity index (χ2n) is 7.77. The molecule has 154 valence electrons. The Labute approximate surface area is 174 Å². The second kappa shape index (κ2) is 7.44. The first-order valence-corrected chi connectivity index (χ1v) is 10.3. The van der Waals surface area contributed by atoms with Gasteiger partial charge in [0.25, 0.3) is 0 Å². The highest BCUT2D eigenvalue weighted by Gasteiger charge is 2.41. The van der Waals surface area contributed by atoms with Crippen molar-refractivity contribution in [1.82, 2.24) is 15.0 Å². The number of nitrogens with zero attached hydrogens (tertiary/aromatic N) is 5. The van der Waals surface area contributed by atoms with Crippen LogP contribution in [-0.4, -0.2) is 52.7 Å². The summed E-state index contributed by atoms with van der Waals surface area (Å²) in [7, 11) is 0. The van der Waals surface area contributed by atoms with E-state index in [-0.39, 0.29) is 18.0 Å². The van der Waals surface area contributed by atoms with Crippen LogP contribution in [0.1, 0.15) is 30.1 Å². The van der Waals surface area contributed by atoms with Crippen molar-refractivity contribution >= 4 is 34.3 Å². The molecular weight excluding hydrogens is 380 g/mol. The van der Waals surface area contributed by atoms with Crippen molar-refractivity contribution in [1.29, 1.82) is 0 Å². The number of pyridine rings is 1. The maximum absolute atomic E-state index is 12.0. The number of carbonyl (C=O) groups excluding carboxylic acids is 1. The van der Waals surface area contributed by atoms with E-state index in [0.29, 0.717) is 18.0 Å². The average molecular weight is 404 g/mol. The summed E-state index contributed by atoms with van der Waals surface area (Å²) in [5, 5.41) is 1.16. The van der Waals surface area contributed by atoms with Crippen molar-refractivity contribution in [2.45, 2.75) is 31.8 Å². The maximum atomic E-state index is 12.0. The molecule has 2 fully saturated rings. The molecule has 2 unspecified atom stereocenters. The molecule has 0 aliphatic carbocycles. The molecule has 2 aliphatic heterocycles. The summed E-state index contributed by atoms with van der Waals surface area (Å²) < 4.78 is 5.01. The van der Waals surface area contributed by atoms with Crippen molar-refractivity contribution in [3.8, 4) is 0 Å². The molecule has 2 N–H and O–H groups in total. The largest absolute Gasteiger partial charge is 0.462 e. The number of hydrogen-bond acceptors (Lipinski definition) is 8. The minimum atomic E-state index is -0.491. The number of para-hydroxylation sites is 1. The predicted octanol–water partition coefficient (Wildman–Crippen LogP) is 2.64. The first kappa shape index (κ1) is 18.6. The third-order valence-corrected chi connectivity index (χ3v) is 5.94. The molecule has 3 aromatic rings. The Morgan fingerprint density at radius 3 is 2.67 bits per heavy atom. The molecule has 2 saturated heterocycles. The lowest BCUT2D eigenvalue weighted by Crippen LogP contribution is -2.54. The van der Waals surface area contributed by atoms with Crippen molar-refractivity contribution in [3.05, 3.63) is 48.3 Å². The van der Waals surface area contributed by atoms with Gasteiger partial charge in [-0.1, -0.05) is 18.2 Å². The van der Waals surface area contributed by atoms with Gasteiger partial charge in [0, 0.05) is 36.8 Å². The number of ether oxygens (including phenoxy) is 1. The number of nitrogens with two attached hydrogens (primary N) is 1. The minimum absolute atomic E-state index is 0.159. The van der Waals surface area contributed by atoms with Gasteiger partial charge in [0.05, 0.1) is 24.0 Å². The van der Waals surface area contributed by atoms with Crippen LogP contribution in [0.4, 0.5) is 17.5 Å². The molecule has 5 rings (SSSR count). The monoisotopic (exact) mass is 404 g/mol. The van der Waals surface area contributed by atoms with Crippen LogP contribution in [0.2, 0.25) is 0 Å². The average Bonchev–Trinajstić information content (AvgIpc) is 3.02. The van der Waals surface area contributed by atoms with Crippen molar-refractivity contribution < 1.29 is 9.53 Å². The molecule has 2 aliphatic rings. The maximum Gasteiger partial charge on any atom is 0.343 e. The van der Waals surface area contributed by atoms with E-state index in [2.05, 4.69) is 36.9 Å². The molecule has 2 atom stereocenters. The predicted molar refractivity (Wildman–Crippen MR) is 116 cm³/mol. The quantitative estimate of drug-likeness (QED) is 0.663. The minimum Gasteiger partial charge on any atom is -0.462 e. The molecule has 8 nitrogen and oxygen atoms in total. The van der Waals surface area contributed by atoms with E-state index < -0.39 is 5.97 Å². The number of rotatable bonds is 4. The van der Waals surface area contributed by atoms with Crippen LogP contribution in [0.3, 0.4) is 0 Å². The van der Waals surface area contributed by atoms with E-state index >= 15 is 0 Å². The Bertz CT molecular complexity index is 1090. The molecule has 2 bridgehead atoms. The topological polar surface area (TPSA) is 97.5 Å². The molecule has 0 radical (unpaired) electrons. The molecule has 8 heteroatoms. The van der Waals surface area contributed by atoms with Crippen molar-refractivity contribution in [2.75, 3.05) is 35.2 Å². The van der Waals surface area contributed by atoms with Crippen LogP contribution < -0.4 is 15.5 Å². The zero-order valence-electron chi connectivity index (χ0n) is 16.9. The van der Waals surface area contributed by atoms with Crippen LogP contribution in [0.5, 0.6) is 0 Å². The first-order chi connectivity index (χ1) is 14.6. The van der Waals surface area contributed by atoms with Crippen molar-refractivity contribution in [3.63, 3.8) is 0 Å². The van der Waals surface area contributed by atoms with Gasteiger partial charge in [-0.15, -0.1) is 0 Å². The van der Waals surface area contributed by atoms with Gasteiger partial charge >= 0.3 is 5.97 Å². The second-order valence-corrected chi connectivity index (χ2v) is 7.77. The number of carbonyl (C=O) groups is 1. The molecule has 0 saturated carbocycles. The number of anilines is 3. The van der Waals surface area contributed by atoms with Crippen LogP contribution >= 0.6 is 0 Å². The van der Waals surface area contributed by atoms with E-state index in [0.717, 1.165) is 36.8 Å². The Balaban J connectivity index is 1.37. The highest BCUT2D eigenvalue weighted by Crippen LogP contribution is 2.36. The number of aromatic nitrogens is 3. The van der Waals surface area contributed by atoms with Gasteiger partial charge in [0.1, 0.15) is 11.4 Å². The lowest BCUT2D eigenvalue weighted by atomic mass is 10.1. The number of esters is 1. The fourth-order valence-electron chi connectivity index (χ4n) is 4.59. The summed E-state index contributed by atoms with van der Waals surface area (Å²) in [5.41, 5.74) is 8.41. The Kier molecular flexibility index (Phi) is 4.61. The van der Waals surface area contributed by atoms with Crippen molar-refractivity contribution in [2.24, 2.45) is 0 Å². The third-order valence-electron chi connectivity index (χ3n) is 5.94. The van der Waals surface area contributed by atoms with Gasteiger partial charge in [-0.3, -0.25) is 4.98 Å². The Hall–Kier alpha value is -3.42. The van der Waals surface area contributed by atoms with Gasteiger partial charge in [0.2, 0.25) is 5.95 Å². The van der Waals surface area contributed by atoms with Crippen LogP contribution in [-0.2, 0) is 4.74 Å². The van der Waals surface area contributed by atoms with Crippen LogP contribution in [0, 0.1) is 0 Å². The SMILES string of the molecule is CCOC(=O)c1cnc(N2CC3CCC(C2)N3c2cnc3ccccc3c2)nc1N. The van der Waals surface area contributed by atoms with E-state index in [1.807, 2.05) is 24.4 Å². The summed E-state index contributed by atoms with van der Waals surface area (Å²) in [6.45, 7) is 3.65. The zero-order chi connectivity index (χ0) is 20.7. The van der Waals surface area contributed by atoms with Gasteiger partial charge in [0.15, 0.2) is 0 Å². The molecule has 4 heterocycles. The fraction of sp³-hybridized carbons (Fsp3) is 0.364. The van der Waals surface area contributed by atoms with Gasteiger partial charge in [-0.25, -0.2) is 9.78 Å². The van der Waals surface area contributed by atoms with Crippen LogP contribution in [0.15, 0.2) is 42.7 Å². The lowest BCUT2D eigenvalue weighted by molar-refractivity contribution is 0.0527. The molecular formula is C22H24N6O2. The van der Waals surface area contributed by atoms with Gasteiger partial charge in [-0.2, -0.15) is 4.98 Å². The summed E-state index contributed by atoms with van der Waals surface area (Å²) in [5.74, 6) is 0.232.